The number of nitrogens with zero attached hydrogens (tertiary/aromatic N) is 2. The van der Waals surface area contributed by atoms with Gasteiger partial charge in [-0.15, -0.1) is 0 Å². The quantitative estimate of drug-likeness (QED) is 0.933. The fourth-order valence-corrected chi connectivity index (χ4v) is 3.20. The topological polar surface area (TPSA) is 42.2 Å². The Morgan fingerprint density at radius 1 is 1.59 bits per heavy atom. The number of rotatable bonds is 3. The third-order valence-corrected chi connectivity index (χ3v) is 3.94. The van der Waals surface area contributed by atoms with Gasteiger partial charge >= 0.3 is 0 Å². The van der Waals surface area contributed by atoms with Crippen molar-refractivity contribution in [2.24, 2.45) is 11.7 Å². The number of hydrogen-bond acceptors (Lipinski definition) is 3. The molecule has 1 aromatic rings. The molecule has 0 saturated carbocycles. The van der Waals surface area contributed by atoms with Crippen LogP contribution in [0.3, 0.4) is 0 Å². The zero-order valence-electron chi connectivity index (χ0n) is 10.3. The molecule has 2 heterocycles. The molecule has 1 aromatic heterocycles. The van der Waals surface area contributed by atoms with E-state index in [0.29, 0.717) is 0 Å². The minimum atomic E-state index is 0.726. The van der Waals surface area contributed by atoms with Gasteiger partial charge in [-0.1, -0.05) is 0 Å². The van der Waals surface area contributed by atoms with E-state index >= 15 is 0 Å². The van der Waals surface area contributed by atoms with Gasteiger partial charge in [-0.25, -0.2) is 4.98 Å². The normalized spacial score (nSPS) is 20.6. The summed E-state index contributed by atoms with van der Waals surface area (Å²) in [6.07, 6.45) is 5.61. The second-order valence-electron chi connectivity index (χ2n) is 4.85. The summed E-state index contributed by atoms with van der Waals surface area (Å²) >= 11 is 3.61. The van der Waals surface area contributed by atoms with E-state index < -0.39 is 0 Å². The molecule has 2 rings (SSSR count). The molecule has 0 amide bonds. The number of piperidine rings is 1. The van der Waals surface area contributed by atoms with Crippen LogP contribution in [0.2, 0.25) is 0 Å². The van der Waals surface area contributed by atoms with E-state index in [9.17, 15) is 0 Å². The molecule has 0 bridgehead atoms. The Labute approximate surface area is 112 Å². The molecule has 3 nitrogen and oxygen atoms in total. The molecule has 0 aliphatic carbocycles. The molecule has 0 spiro atoms. The first-order chi connectivity index (χ1) is 8.20. The summed E-state index contributed by atoms with van der Waals surface area (Å²) in [5, 5.41) is 0. The molecule has 1 saturated heterocycles. The molecule has 4 heteroatoms. The van der Waals surface area contributed by atoms with Crippen molar-refractivity contribution in [2.45, 2.75) is 26.2 Å². The third kappa shape index (κ3) is 3.19. The van der Waals surface area contributed by atoms with Crippen LogP contribution in [-0.4, -0.2) is 24.6 Å². The maximum Gasteiger partial charge on any atom is 0.142 e. The van der Waals surface area contributed by atoms with Crippen LogP contribution in [0.1, 0.15) is 24.8 Å². The molecule has 1 aliphatic rings. The Morgan fingerprint density at radius 2 is 2.41 bits per heavy atom. The maximum atomic E-state index is 5.65. The fourth-order valence-electron chi connectivity index (χ4n) is 2.49. The number of anilines is 1. The van der Waals surface area contributed by atoms with Gasteiger partial charge in [0.15, 0.2) is 0 Å². The van der Waals surface area contributed by atoms with Crippen LogP contribution in [0, 0.1) is 12.8 Å². The lowest BCUT2D eigenvalue weighted by molar-refractivity contribution is 0.394. The second kappa shape index (κ2) is 5.83. The summed E-state index contributed by atoms with van der Waals surface area (Å²) in [5.41, 5.74) is 6.84. The predicted octanol–water partition coefficient (Wildman–Crippen LogP) is 2.72. The van der Waals surface area contributed by atoms with Crippen molar-refractivity contribution >= 4 is 21.7 Å². The van der Waals surface area contributed by atoms with E-state index in [4.69, 9.17) is 5.73 Å². The summed E-state index contributed by atoms with van der Waals surface area (Å²) < 4.78 is 1.10. The molecule has 2 N–H and O–H groups in total. The third-order valence-electron chi connectivity index (χ3n) is 3.35. The van der Waals surface area contributed by atoms with Gasteiger partial charge in [0.05, 0.1) is 4.47 Å². The van der Waals surface area contributed by atoms with Gasteiger partial charge in [0.1, 0.15) is 5.82 Å². The fraction of sp³-hybridized carbons (Fsp3) is 0.615. The van der Waals surface area contributed by atoms with Crippen LogP contribution in [0.15, 0.2) is 16.7 Å². The van der Waals surface area contributed by atoms with Crippen molar-refractivity contribution in [1.29, 1.82) is 0 Å². The van der Waals surface area contributed by atoms with Crippen molar-refractivity contribution < 1.29 is 0 Å². The highest BCUT2D eigenvalue weighted by Crippen LogP contribution is 2.29. The van der Waals surface area contributed by atoms with E-state index in [1.165, 1.54) is 18.4 Å². The number of nitrogens with two attached hydrogens (primary N) is 1. The molecule has 0 radical (unpaired) electrons. The maximum absolute atomic E-state index is 5.65. The first-order valence-corrected chi connectivity index (χ1v) is 7.07. The van der Waals surface area contributed by atoms with Gasteiger partial charge in [0, 0.05) is 19.3 Å². The average molecular weight is 298 g/mol. The van der Waals surface area contributed by atoms with E-state index in [-0.39, 0.29) is 0 Å². The summed E-state index contributed by atoms with van der Waals surface area (Å²) in [5.74, 6) is 1.81. The van der Waals surface area contributed by atoms with Gasteiger partial charge in [-0.05, 0) is 66.2 Å². The standard InChI is InChI=1S/C13H20BrN3/c1-10-7-12(14)13(16-8-10)17-6-2-3-11(9-17)4-5-15/h7-8,11H,2-6,9,15H2,1H3. The number of pyridine rings is 1. The molecule has 1 aliphatic heterocycles. The minimum absolute atomic E-state index is 0.726. The lowest BCUT2D eigenvalue weighted by Crippen LogP contribution is -2.36. The van der Waals surface area contributed by atoms with E-state index in [1.807, 2.05) is 6.20 Å². The predicted molar refractivity (Wildman–Crippen MR) is 75.3 cm³/mol. The lowest BCUT2D eigenvalue weighted by atomic mass is 9.95. The van der Waals surface area contributed by atoms with Crippen LogP contribution in [0.5, 0.6) is 0 Å². The SMILES string of the molecule is Cc1cnc(N2CCCC(CCN)C2)c(Br)c1. The Morgan fingerprint density at radius 3 is 3.12 bits per heavy atom. The molecule has 1 unspecified atom stereocenters. The van der Waals surface area contributed by atoms with Gasteiger partial charge in [-0.2, -0.15) is 0 Å². The minimum Gasteiger partial charge on any atom is -0.355 e. The Hall–Kier alpha value is -0.610. The largest absolute Gasteiger partial charge is 0.355 e. The average Bonchev–Trinajstić information content (AvgIpc) is 2.29. The van der Waals surface area contributed by atoms with Crippen molar-refractivity contribution in [2.75, 3.05) is 24.5 Å². The number of hydrogen-bond donors (Lipinski definition) is 1. The first-order valence-electron chi connectivity index (χ1n) is 6.28. The number of aromatic nitrogens is 1. The van der Waals surface area contributed by atoms with E-state index in [2.05, 4.69) is 38.8 Å². The second-order valence-corrected chi connectivity index (χ2v) is 5.70. The van der Waals surface area contributed by atoms with Gasteiger partial charge < -0.3 is 10.6 Å². The van der Waals surface area contributed by atoms with Crippen LogP contribution in [0.4, 0.5) is 5.82 Å². The van der Waals surface area contributed by atoms with Crippen molar-refractivity contribution in [3.05, 3.63) is 22.3 Å². The molecular formula is C13H20BrN3. The summed E-state index contributed by atoms with van der Waals surface area (Å²) in [7, 11) is 0. The van der Waals surface area contributed by atoms with Crippen LogP contribution in [0.25, 0.3) is 0 Å². The molecule has 0 aromatic carbocycles. The Kier molecular flexibility index (Phi) is 4.40. The summed E-state index contributed by atoms with van der Waals surface area (Å²) in [4.78, 5) is 6.93. The smallest absolute Gasteiger partial charge is 0.142 e. The zero-order chi connectivity index (χ0) is 12.3. The highest BCUT2D eigenvalue weighted by Gasteiger charge is 2.21. The van der Waals surface area contributed by atoms with Gasteiger partial charge in [-0.3, -0.25) is 0 Å². The summed E-state index contributed by atoms with van der Waals surface area (Å²) in [6.45, 7) is 5.05. The van der Waals surface area contributed by atoms with Crippen LogP contribution < -0.4 is 10.6 Å². The number of aryl methyl sites for hydroxylation is 1. The Bertz CT molecular complexity index is 379. The molecule has 1 fully saturated rings. The molecule has 94 valence electrons. The van der Waals surface area contributed by atoms with Crippen molar-refractivity contribution in [3.8, 4) is 0 Å². The van der Waals surface area contributed by atoms with Crippen LogP contribution >= 0.6 is 15.9 Å². The monoisotopic (exact) mass is 297 g/mol. The lowest BCUT2D eigenvalue weighted by Gasteiger charge is -2.34. The van der Waals surface area contributed by atoms with E-state index in [1.54, 1.807) is 0 Å². The van der Waals surface area contributed by atoms with Gasteiger partial charge in [0.25, 0.3) is 0 Å². The van der Waals surface area contributed by atoms with Crippen molar-refractivity contribution in [1.82, 2.24) is 4.98 Å². The molecule has 1 atom stereocenters. The summed E-state index contributed by atoms with van der Waals surface area (Å²) in [6, 6.07) is 2.13. The number of halogens is 1. The Balaban J connectivity index is 2.10. The van der Waals surface area contributed by atoms with Crippen LogP contribution in [-0.2, 0) is 0 Å². The molecule has 17 heavy (non-hydrogen) atoms. The highest BCUT2D eigenvalue weighted by molar-refractivity contribution is 9.10. The van der Waals surface area contributed by atoms with E-state index in [0.717, 1.165) is 42.3 Å². The highest BCUT2D eigenvalue weighted by atomic mass is 79.9. The van der Waals surface area contributed by atoms with Crippen molar-refractivity contribution in [3.63, 3.8) is 0 Å². The van der Waals surface area contributed by atoms with Gasteiger partial charge in [0.2, 0.25) is 0 Å². The zero-order valence-corrected chi connectivity index (χ0v) is 11.9. The first kappa shape index (κ1) is 12.8. The molecular weight excluding hydrogens is 278 g/mol.